The predicted molar refractivity (Wildman–Crippen MR) is 74.3 cm³/mol. The van der Waals surface area contributed by atoms with Crippen molar-refractivity contribution in [1.29, 1.82) is 0 Å². The summed E-state index contributed by atoms with van der Waals surface area (Å²) in [5.74, 6) is 0.904. The summed E-state index contributed by atoms with van der Waals surface area (Å²) < 4.78 is 0. The molecule has 2 heteroatoms. The van der Waals surface area contributed by atoms with Gasteiger partial charge in [0.2, 0.25) is 0 Å². The molecule has 0 aromatic rings. The highest BCUT2D eigenvalue weighted by Crippen LogP contribution is 2.29. The maximum Gasteiger partial charge on any atom is 0.0107 e. The van der Waals surface area contributed by atoms with Crippen LogP contribution in [-0.4, -0.2) is 37.1 Å². The van der Waals surface area contributed by atoms with E-state index in [1.54, 1.807) is 0 Å². The van der Waals surface area contributed by atoms with Gasteiger partial charge >= 0.3 is 0 Å². The van der Waals surface area contributed by atoms with Gasteiger partial charge in [0.05, 0.1) is 0 Å². The standard InChI is InChI=1S/C15H30N2/c1-3-11-16-15-10-5-4-7-13(15)12-17(2)14-8-6-9-14/h13-16H,3-12H2,1-2H3. The molecule has 2 rings (SSSR count). The molecule has 2 fully saturated rings. The molecule has 0 aliphatic heterocycles. The number of nitrogens with one attached hydrogen (secondary N) is 1. The van der Waals surface area contributed by atoms with Crippen LogP contribution in [0, 0.1) is 5.92 Å². The van der Waals surface area contributed by atoms with Gasteiger partial charge in [0.25, 0.3) is 0 Å². The maximum atomic E-state index is 3.78. The van der Waals surface area contributed by atoms with Gasteiger partial charge in [-0.1, -0.05) is 26.2 Å². The molecular formula is C15H30N2. The Hall–Kier alpha value is -0.0800. The summed E-state index contributed by atoms with van der Waals surface area (Å²) in [5.41, 5.74) is 0. The number of hydrogen-bond acceptors (Lipinski definition) is 2. The molecule has 0 saturated heterocycles. The van der Waals surface area contributed by atoms with E-state index in [2.05, 4.69) is 24.2 Å². The van der Waals surface area contributed by atoms with Crippen LogP contribution in [0.15, 0.2) is 0 Å². The molecule has 0 aromatic heterocycles. The summed E-state index contributed by atoms with van der Waals surface area (Å²) in [6.45, 7) is 4.80. The van der Waals surface area contributed by atoms with Crippen LogP contribution < -0.4 is 5.32 Å². The molecule has 17 heavy (non-hydrogen) atoms. The van der Waals surface area contributed by atoms with Crippen molar-refractivity contribution in [1.82, 2.24) is 10.2 Å². The second kappa shape index (κ2) is 6.75. The van der Waals surface area contributed by atoms with Gasteiger partial charge in [-0.05, 0) is 51.6 Å². The summed E-state index contributed by atoms with van der Waals surface area (Å²) in [4.78, 5) is 2.64. The maximum absolute atomic E-state index is 3.78. The molecule has 2 unspecified atom stereocenters. The Morgan fingerprint density at radius 1 is 1.06 bits per heavy atom. The summed E-state index contributed by atoms with van der Waals surface area (Å²) in [6, 6.07) is 1.70. The summed E-state index contributed by atoms with van der Waals surface area (Å²) >= 11 is 0. The Morgan fingerprint density at radius 3 is 2.47 bits per heavy atom. The highest BCUT2D eigenvalue weighted by Gasteiger charge is 2.29. The Labute approximate surface area is 107 Å². The third-order valence-electron chi connectivity index (χ3n) is 4.79. The average Bonchev–Trinajstić information content (AvgIpc) is 2.25. The van der Waals surface area contributed by atoms with Crippen LogP contribution in [0.2, 0.25) is 0 Å². The molecule has 2 aliphatic carbocycles. The van der Waals surface area contributed by atoms with Crippen LogP contribution in [0.4, 0.5) is 0 Å². The highest BCUT2D eigenvalue weighted by molar-refractivity contribution is 4.86. The first-order valence-electron chi connectivity index (χ1n) is 7.75. The van der Waals surface area contributed by atoms with Gasteiger partial charge in [0.15, 0.2) is 0 Å². The topological polar surface area (TPSA) is 15.3 Å². The zero-order valence-corrected chi connectivity index (χ0v) is 11.8. The zero-order chi connectivity index (χ0) is 12.1. The lowest BCUT2D eigenvalue weighted by Crippen LogP contribution is -2.47. The van der Waals surface area contributed by atoms with Gasteiger partial charge in [-0.2, -0.15) is 0 Å². The number of hydrogen-bond donors (Lipinski definition) is 1. The molecule has 2 aliphatic rings. The van der Waals surface area contributed by atoms with E-state index in [-0.39, 0.29) is 0 Å². The second-order valence-electron chi connectivity index (χ2n) is 6.13. The third kappa shape index (κ3) is 3.69. The molecule has 0 radical (unpaired) electrons. The highest BCUT2D eigenvalue weighted by atomic mass is 15.1. The Morgan fingerprint density at radius 2 is 1.82 bits per heavy atom. The first-order valence-corrected chi connectivity index (χ1v) is 7.75. The Kier molecular flexibility index (Phi) is 5.30. The second-order valence-corrected chi connectivity index (χ2v) is 6.13. The van der Waals surface area contributed by atoms with E-state index in [1.807, 2.05) is 0 Å². The quantitative estimate of drug-likeness (QED) is 0.765. The molecule has 0 aromatic carbocycles. The smallest absolute Gasteiger partial charge is 0.0107 e. The molecule has 2 nitrogen and oxygen atoms in total. The van der Waals surface area contributed by atoms with E-state index in [9.17, 15) is 0 Å². The molecule has 0 heterocycles. The molecule has 0 spiro atoms. The van der Waals surface area contributed by atoms with E-state index in [1.165, 1.54) is 64.5 Å². The number of nitrogens with zero attached hydrogens (tertiary/aromatic N) is 1. The minimum absolute atomic E-state index is 0.797. The minimum atomic E-state index is 0.797. The van der Waals surface area contributed by atoms with Crippen molar-refractivity contribution in [3.8, 4) is 0 Å². The van der Waals surface area contributed by atoms with E-state index in [4.69, 9.17) is 0 Å². The predicted octanol–water partition coefficient (Wildman–Crippen LogP) is 3.03. The minimum Gasteiger partial charge on any atom is -0.314 e. The van der Waals surface area contributed by atoms with Crippen molar-refractivity contribution in [2.24, 2.45) is 5.92 Å². The van der Waals surface area contributed by atoms with Gasteiger partial charge in [-0.15, -0.1) is 0 Å². The average molecular weight is 238 g/mol. The number of rotatable bonds is 6. The molecule has 0 amide bonds. The lowest BCUT2D eigenvalue weighted by Gasteiger charge is -2.40. The van der Waals surface area contributed by atoms with E-state index in [0.29, 0.717) is 0 Å². The summed E-state index contributed by atoms with van der Waals surface area (Å²) in [7, 11) is 2.34. The van der Waals surface area contributed by atoms with Gasteiger partial charge in [0.1, 0.15) is 0 Å². The van der Waals surface area contributed by atoms with Crippen LogP contribution in [-0.2, 0) is 0 Å². The van der Waals surface area contributed by atoms with E-state index < -0.39 is 0 Å². The zero-order valence-electron chi connectivity index (χ0n) is 11.8. The van der Waals surface area contributed by atoms with Crippen LogP contribution in [0.25, 0.3) is 0 Å². The van der Waals surface area contributed by atoms with Crippen molar-refractivity contribution >= 4 is 0 Å². The van der Waals surface area contributed by atoms with Crippen LogP contribution in [0.1, 0.15) is 58.3 Å². The van der Waals surface area contributed by atoms with Crippen molar-refractivity contribution in [3.63, 3.8) is 0 Å². The fourth-order valence-electron chi connectivity index (χ4n) is 3.37. The lowest BCUT2D eigenvalue weighted by molar-refractivity contribution is 0.111. The summed E-state index contributed by atoms with van der Waals surface area (Å²) in [6.07, 6.45) is 11.3. The lowest BCUT2D eigenvalue weighted by atomic mass is 9.83. The van der Waals surface area contributed by atoms with E-state index >= 15 is 0 Å². The van der Waals surface area contributed by atoms with E-state index in [0.717, 1.165) is 18.0 Å². The molecule has 0 bridgehead atoms. The van der Waals surface area contributed by atoms with Crippen LogP contribution >= 0.6 is 0 Å². The normalized spacial score (nSPS) is 30.5. The summed E-state index contributed by atoms with van der Waals surface area (Å²) in [5, 5.41) is 3.78. The van der Waals surface area contributed by atoms with Gasteiger partial charge in [0, 0.05) is 18.6 Å². The largest absolute Gasteiger partial charge is 0.314 e. The van der Waals surface area contributed by atoms with Crippen molar-refractivity contribution < 1.29 is 0 Å². The van der Waals surface area contributed by atoms with Gasteiger partial charge in [-0.3, -0.25) is 0 Å². The van der Waals surface area contributed by atoms with Crippen molar-refractivity contribution in [2.45, 2.75) is 70.4 Å². The fraction of sp³-hybridized carbons (Fsp3) is 1.00. The van der Waals surface area contributed by atoms with Crippen molar-refractivity contribution in [2.75, 3.05) is 20.1 Å². The van der Waals surface area contributed by atoms with Crippen LogP contribution in [0.3, 0.4) is 0 Å². The van der Waals surface area contributed by atoms with Gasteiger partial charge in [-0.25, -0.2) is 0 Å². The van der Waals surface area contributed by atoms with Crippen LogP contribution in [0.5, 0.6) is 0 Å². The molecule has 2 atom stereocenters. The first kappa shape index (κ1) is 13.4. The Balaban J connectivity index is 1.78. The van der Waals surface area contributed by atoms with Crippen molar-refractivity contribution in [3.05, 3.63) is 0 Å². The molecule has 1 N–H and O–H groups in total. The first-order chi connectivity index (χ1) is 8.31. The molecule has 100 valence electrons. The molecular weight excluding hydrogens is 208 g/mol. The SMILES string of the molecule is CCCNC1CCCCC1CN(C)C1CCC1. The Bertz CT molecular complexity index is 213. The van der Waals surface area contributed by atoms with Gasteiger partial charge < -0.3 is 10.2 Å². The fourth-order valence-corrected chi connectivity index (χ4v) is 3.37. The monoisotopic (exact) mass is 238 g/mol. The molecule has 2 saturated carbocycles. The third-order valence-corrected chi connectivity index (χ3v) is 4.79.